The van der Waals surface area contributed by atoms with Crippen LogP contribution in [0.1, 0.15) is 104 Å². The maximum Gasteiger partial charge on any atom is 0.305 e. The fourth-order valence-corrected chi connectivity index (χ4v) is 2.56. The lowest BCUT2D eigenvalue weighted by Gasteiger charge is -2.03. The van der Waals surface area contributed by atoms with Crippen LogP contribution in [0.25, 0.3) is 0 Å². The molecule has 0 aromatic heterocycles. The molecule has 0 spiro atoms. The van der Waals surface area contributed by atoms with Crippen molar-refractivity contribution in [2.24, 2.45) is 0 Å². The molecule has 0 amide bonds. The lowest BCUT2D eigenvalue weighted by Crippen LogP contribution is -2.09. The van der Waals surface area contributed by atoms with Crippen molar-refractivity contribution in [1.82, 2.24) is 0 Å². The van der Waals surface area contributed by atoms with Crippen molar-refractivity contribution in [2.75, 3.05) is 13.1 Å². The van der Waals surface area contributed by atoms with Crippen LogP contribution in [0.3, 0.4) is 0 Å². The van der Waals surface area contributed by atoms with Crippen LogP contribution in [0.5, 0.6) is 0 Å². The topological polar surface area (TPSA) is 38.8 Å². The van der Waals surface area contributed by atoms with Crippen molar-refractivity contribution >= 4 is 5.97 Å². The van der Waals surface area contributed by atoms with Crippen LogP contribution in [-0.2, 0) is 14.3 Å². The van der Waals surface area contributed by atoms with E-state index in [2.05, 4.69) is 28.5 Å². The molecule has 1 rings (SSSR count). The predicted octanol–water partition coefficient (Wildman–Crippen LogP) is 5.97. The summed E-state index contributed by atoms with van der Waals surface area (Å²) in [6.45, 7) is -2.99. The SMILES string of the molecule is [2H]C([2H])(OC(=O)CCCCCCCCC/C=C/CCCCCC)C1([2H])OC1([2H])[2H]. The summed E-state index contributed by atoms with van der Waals surface area (Å²) in [6, 6.07) is 0. The van der Waals surface area contributed by atoms with Crippen molar-refractivity contribution in [1.29, 1.82) is 0 Å². The molecule has 140 valence electrons. The highest BCUT2D eigenvalue weighted by molar-refractivity contribution is 5.69. The fourth-order valence-electron chi connectivity index (χ4n) is 2.56. The zero-order valence-electron chi connectivity index (χ0n) is 20.3. The number of unbranched alkanes of at least 4 members (excludes halogenated alkanes) is 11. The van der Waals surface area contributed by atoms with Crippen LogP contribution in [0.2, 0.25) is 0 Å². The highest BCUT2D eigenvalue weighted by Crippen LogP contribution is 2.12. The summed E-state index contributed by atoms with van der Waals surface area (Å²) in [4.78, 5) is 11.7. The Hall–Kier alpha value is -0.830. The lowest BCUT2D eigenvalue weighted by atomic mass is 10.1. The molecule has 24 heavy (non-hydrogen) atoms. The molecule has 1 aliphatic heterocycles. The highest BCUT2D eigenvalue weighted by Gasteiger charge is 2.23. The molecule has 0 aliphatic carbocycles. The van der Waals surface area contributed by atoms with E-state index in [9.17, 15) is 4.79 Å². The average Bonchev–Trinajstić information content (AvgIpc) is 3.18. The molecule has 1 fully saturated rings. The van der Waals surface area contributed by atoms with Gasteiger partial charge in [0.05, 0.1) is 13.4 Å². The Balaban J connectivity index is 1.93. The first-order chi connectivity index (χ1) is 13.7. The van der Waals surface area contributed by atoms with Crippen LogP contribution in [0.15, 0.2) is 12.2 Å². The number of esters is 1. The minimum atomic E-state index is -2.79. The molecule has 1 atom stereocenters. The van der Waals surface area contributed by atoms with Crippen LogP contribution in [0.4, 0.5) is 0 Å². The molecular formula is C21H38O3. The first-order valence-electron chi connectivity index (χ1n) is 12.2. The van der Waals surface area contributed by atoms with Gasteiger partial charge >= 0.3 is 5.97 Å². The number of rotatable bonds is 17. The van der Waals surface area contributed by atoms with Gasteiger partial charge in [-0.25, -0.2) is 0 Å². The van der Waals surface area contributed by atoms with Gasteiger partial charge in [-0.1, -0.05) is 70.4 Å². The zero-order chi connectivity index (χ0) is 21.8. The van der Waals surface area contributed by atoms with Crippen molar-refractivity contribution in [2.45, 2.75) is 103 Å². The minimum Gasteiger partial charge on any atom is -0.463 e. The minimum absolute atomic E-state index is 0.0711. The molecule has 0 N–H and O–H groups in total. The summed E-state index contributed by atoms with van der Waals surface area (Å²) in [5.74, 6) is -0.755. The summed E-state index contributed by atoms with van der Waals surface area (Å²) < 4.78 is 46.3. The number of hydrogen-bond acceptors (Lipinski definition) is 3. The largest absolute Gasteiger partial charge is 0.463 e. The van der Waals surface area contributed by atoms with Gasteiger partial charge in [-0.15, -0.1) is 0 Å². The third-order valence-corrected chi connectivity index (χ3v) is 4.10. The normalized spacial score (nSPS) is 25.5. The zero-order valence-corrected chi connectivity index (χ0v) is 15.3. The molecule has 1 aliphatic rings. The molecule has 0 bridgehead atoms. The van der Waals surface area contributed by atoms with Crippen molar-refractivity contribution < 1.29 is 21.1 Å². The van der Waals surface area contributed by atoms with E-state index in [1.54, 1.807) is 0 Å². The second kappa shape index (κ2) is 15.7. The first-order valence-corrected chi connectivity index (χ1v) is 9.73. The maximum absolute atomic E-state index is 11.7. The Bertz CT molecular complexity index is 511. The molecule has 3 nitrogen and oxygen atoms in total. The second-order valence-electron chi connectivity index (χ2n) is 6.44. The monoisotopic (exact) mass is 343 g/mol. The van der Waals surface area contributed by atoms with Crippen LogP contribution < -0.4 is 0 Å². The van der Waals surface area contributed by atoms with E-state index in [-0.39, 0.29) is 6.42 Å². The highest BCUT2D eigenvalue weighted by atomic mass is 16.6. The molecule has 0 radical (unpaired) electrons. The second-order valence-corrected chi connectivity index (χ2v) is 6.44. The fraction of sp³-hybridized carbons (Fsp3) is 0.857. The van der Waals surface area contributed by atoms with E-state index < -0.39 is 25.2 Å². The maximum atomic E-state index is 11.7. The third-order valence-electron chi connectivity index (χ3n) is 4.10. The Morgan fingerprint density at radius 3 is 2.21 bits per heavy atom. The van der Waals surface area contributed by atoms with E-state index >= 15 is 0 Å². The van der Waals surface area contributed by atoms with Gasteiger partial charge in [0.25, 0.3) is 0 Å². The number of epoxide rings is 1. The lowest BCUT2D eigenvalue weighted by molar-refractivity contribution is -0.144. The van der Waals surface area contributed by atoms with Gasteiger partial charge in [-0.05, 0) is 32.1 Å². The molecule has 1 unspecified atom stereocenters. The Morgan fingerprint density at radius 1 is 1.08 bits per heavy atom. The van der Waals surface area contributed by atoms with Gasteiger partial charge in [0.2, 0.25) is 0 Å². The summed E-state index contributed by atoms with van der Waals surface area (Å²) in [5.41, 5.74) is 0. The summed E-state index contributed by atoms with van der Waals surface area (Å²) in [5, 5.41) is 0. The number of hydrogen-bond donors (Lipinski definition) is 0. The first kappa shape index (κ1) is 14.4. The van der Waals surface area contributed by atoms with E-state index in [4.69, 9.17) is 6.85 Å². The number of carbonyl (C=O) groups excluding carboxylic acids is 1. The van der Waals surface area contributed by atoms with Gasteiger partial charge < -0.3 is 9.47 Å². The van der Waals surface area contributed by atoms with Crippen LogP contribution in [0, 0.1) is 0 Å². The van der Waals surface area contributed by atoms with E-state index in [1.165, 1.54) is 51.4 Å². The summed E-state index contributed by atoms with van der Waals surface area (Å²) in [7, 11) is 0. The van der Waals surface area contributed by atoms with Gasteiger partial charge in [0.15, 0.2) is 0 Å². The van der Waals surface area contributed by atoms with Gasteiger partial charge in [-0.3, -0.25) is 4.79 Å². The van der Waals surface area contributed by atoms with Crippen molar-refractivity contribution in [3.63, 3.8) is 0 Å². The Kier molecular flexibility index (Phi) is 9.38. The Labute approximate surface area is 156 Å². The molecule has 0 aromatic rings. The van der Waals surface area contributed by atoms with Crippen LogP contribution >= 0.6 is 0 Å². The van der Waals surface area contributed by atoms with E-state index in [0.29, 0.717) is 6.42 Å². The molecule has 3 heteroatoms. The molecule has 1 saturated heterocycles. The van der Waals surface area contributed by atoms with Gasteiger partial charge in [0.1, 0.15) is 12.6 Å². The summed E-state index contributed by atoms with van der Waals surface area (Å²) >= 11 is 0. The predicted molar refractivity (Wildman–Crippen MR) is 100 cm³/mol. The molecule has 1 heterocycles. The number of ether oxygens (including phenoxy) is 2. The van der Waals surface area contributed by atoms with E-state index in [0.717, 1.165) is 25.7 Å². The van der Waals surface area contributed by atoms with Crippen LogP contribution in [-0.4, -0.2) is 25.2 Å². The average molecular weight is 344 g/mol. The van der Waals surface area contributed by atoms with Gasteiger partial charge in [0, 0.05) is 6.42 Å². The van der Waals surface area contributed by atoms with Gasteiger partial charge in [-0.2, -0.15) is 0 Å². The van der Waals surface area contributed by atoms with Crippen molar-refractivity contribution in [3.05, 3.63) is 12.2 Å². The van der Waals surface area contributed by atoms with Crippen molar-refractivity contribution in [3.8, 4) is 0 Å². The molecular weight excluding hydrogens is 300 g/mol. The smallest absolute Gasteiger partial charge is 0.305 e. The third kappa shape index (κ3) is 14.7. The molecule has 0 saturated carbocycles. The number of carbonyl (C=O) groups is 1. The van der Waals surface area contributed by atoms with E-state index in [1.807, 2.05) is 0 Å². The number of allylic oxidation sites excluding steroid dienone is 2. The molecule has 0 aromatic carbocycles. The summed E-state index contributed by atoms with van der Waals surface area (Å²) in [6.07, 6.45) is 17.1. The Morgan fingerprint density at radius 2 is 1.62 bits per heavy atom. The quantitative estimate of drug-likeness (QED) is 0.141. The standard InChI is InChI=1S/C21H38O3/c1-2-3-4-5-6-7-8-9-10-11-12-13-14-15-16-17-21(22)24-19-20-18-23-20/h7-8,20H,2-6,9-19H2,1H3/b8-7+/i18D2,19D2,20D.